The van der Waals surface area contributed by atoms with Gasteiger partial charge in [0, 0.05) is 24.7 Å². The van der Waals surface area contributed by atoms with Crippen LogP contribution in [0.2, 0.25) is 0 Å². The average Bonchev–Trinajstić information content (AvgIpc) is 2.76. The molecule has 2 heterocycles. The highest BCUT2D eigenvalue weighted by Gasteiger charge is 2.23. The predicted octanol–water partition coefficient (Wildman–Crippen LogP) is 2.77. The summed E-state index contributed by atoms with van der Waals surface area (Å²) in [4.78, 5) is 25.7. The topological polar surface area (TPSA) is 106 Å². The summed E-state index contributed by atoms with van der Waals surface area (Å²) in [6.07, 6.45) is 1.34. The molecule has 0 aliphatic carbocycles. The predicted molar refractivity (Wildman–Crippen MR) is 108 cm³/mol. The van der Waals surface area contributed by atoms with Gasteiger partial charge in [-0.15, -0.1) is 10.2 Å². The van der Waals surface area contributed by atoms with Crippen LogP contribution in [0.3, 0.4) is 0 Å². The van der Waals surface area contributed by atoms with E-state index in [4.69, 9.17) is 9.47 Å². The third-order valence-corrected chi connectivity index (χ3v) is 4.63. The molecule has 2 aromatic rings. The molecule has 3 rings (SSSR count). The van der Waals surface area contributed by atoms with Crippen LogP contribution in [0.1, 0.15) is 30.1 Å². The maximum Gasteiger partial charge on any atom is 0.409 e. The van der Waals surface area contributed by atoms with Gasteiger partial charge in [0.2, 0.25) is 0 Å². The number of carbonyl (C=O) groups excluding carboxylic acids is 2. The number of hydrogen-bond donors (Lipinski definition) is 2. The number of ether oxygens (including phenoxy) is 2. The normalized spacial score (nSPS) is 14.2. The molecule has 0 saturated carbocycles. The second-order valence-corrected chi connectivity index (χ2v) is 6.59. The molecule has 1 saturated heterocycles. The summed E-state index contributed by atoms with van der Waals surface area (Å²) in [7, 11) is 1.57. The lowest BCUT2D eigenvalue weighted by Gasteiger charge is -2.31. The van der Waals surface area contributed by atoms with Crippen molar-refractivity contribution in [1.82, 2.24) is 15.1 Å². The zero-order chi connectivity index (χ0) is 20.6. The molecule has 1 fully saturated rings. The highest BCUT2D eigenvalue weighted by molar-refractivity contribution is 6.03. The van der Waals surface area contributed by atoms with Crippen molar-refractivity contribution < 1.29 is 19.1 Å². The Bertz CT molecular complexity index is 818. The van der Waals surface area contributed by atoms with Crippen molar-refractivity contribution in [2.24, 2.45) is 0 Å². The smallest absolute Gasteiger partial charge is 0.409 e. The molecule has 0 radical (unpaired) electrons. The van der Waals surface area contributed by atoms with Gasteiger partial charge in [0.25, 0.3) is 5.91 Å². The first-order chi connectivity index (χ1) is 14.1. The largest absolute Gasteiger partial charge is 0.497 e. The SMILES string of the molecule is CCOC(=O)N1CCC(Nc2ccc(NC(=O)c3ccc(OC)cc3)nn2)CC1. The summed E-state index contributed by atoms with van der Waals surface area (Å²) in [5.41, 5.74) is 0.503. The molecule has 1 aromatic carbocycles. The lowest BCUT2D eigenvalue weighted by atomic mass is 10.1. The molecule has 1 aliphatic heterocycles. The highest BCUT2D eigenvalue weighted by atomic mass is 16.6. The number of nitrogens with zero attached hydrogens (tertiary/aromatic N) is 3. The molecular weight excluding hydrogens is 374 g/mol. The Labute approximate surface area is 169 Å². The zero-order valence-corrected chi connectivity index (χ0v) is 16.6. The van der Waals surface area contributed by atoms with E-state index in [1.165, 1.54) is 0 Å². The Balaban J connectivity index is 1.49. The van der Waals surface area contributed by atoms with E-state index in [1.807, 2.05) is 0 Å². The van der Waals surface area contributed by atoms with Gasteiger partial charge in [-0.2, -0.15) is 0 Å². The number of nitrogens with one attached hydrogen (secondary N) is 2. The molecule has 29 heavy (non-hydrogen) atoms. The van der Waals surface area contributed by atoms with E-state index < -0.39 is 0 Å². The number of likely N-dealkylation sites (tertiary alicyclic amines) is 1. The van der Waals surface area contributed by atoms with Gasteiger partial charge >= 0.3 is 6.09 Å². The molecule has 1 aliphatic rings. The van der Waals surface area contributed by atoms with Gasteiger partial charge in [-0.1, -0.05) is 0 Å². The Morgan fingerprint density at radius 1 is 1.07 bits per heavy atom. The van der Waals surface area contributed by atoms with Gasteiger partial charge in [0.1, 0.15) is 11.6 Å². The van der Waals surface area contributed by atoms with Crippen molar-refractivity contribution >= 4 is 23.6 Å². The number of benzene rings is 1. The first-order valence-electron chi connectivity index (χ1n) is 9.56. The minimum Gasteiger partial charge on any atom is -0.497 e. The number of carbonyl (C=O) groups is 2. The quantitative estimate of drug-likeness (QED) is 0.769. The second-order valence-electron chi connectivity index (χ2n) is 6.59. The molecule has 2 N–H and O–H groups in total. The lowest BCUT2D eigenvalue weighted by Crippen LogP contribution is -2.42. The fraction of sp³-hybridized carbons (Fsp3) is 0.400. The molecule has 154 valence electrons. The molecule has 9 heteroatoms. The van der Waals surface area contributed by atoms with E-state index in [-0.39, 0.29) is 18.0 Å². The molecule has 0 unspecified atom stereocenters. The van der Waals surface area contributed by atoms with E-state index >= 15 is 0 Å². The first-order valence-corrected chi connectivity index (χ1v) is 9.56. The Kier molecular flexibility index (Phi) is 6.83. The van der Waals surface area contributed by atoms with Gasteiger partial charge in [0.05, 0.1) is 13.7 Å². The second kappa shape index (κ2) is 9.72. The van der Waals surface area contributed by atoms with E-state index in [1.54, 1.807) is 55.3 Å². The molecule has 1 aromatic heterocycles. The molecule has 0 bridgehead atoms. The summed E-state index contributed by atoms with van der Waals surface area (Å²) in [5.74, 6) is 1.41. The van der Waals surface area contributed by atoms with E-state index in [9.17, 15) is 9.59 Å². The van der Waals surface area contributed by atoms with Crippen LogP contribution >= 0.6 is 0 Å². The molecule has 2 amide bonds. The number of aromatic nitrogens is 2. The summed E-state index contributed by atoms with van der Waals surface area (Å²) in [5, 5.41) is 14.2. The Hall–Kier alpha value is -3.36. The Morgan fingerprint density at radius 3 is 2.31 bits per heavy atom. The molecular formula is C20H25N5O4. The van der Waals surface area contributed by atoms with Gasteiger partial charge in [0.15, 0.2) is 5.82 Å². The van der Waals surface area contributed by atoms with Crippen LogP contribution in [0.4, 0.5) is 16.4 Å². The molecule has 9 nitrogen and oxygen atoms in total. The minimum absolute atomic E-state index is 0.203. The summed E-state index contributed by atoms with van der Waals surface area (Å²) >= 11 is 0. The van der Waals surface area contributed by atoms with Crippen molar-refractivity contribution in [1.29, 1.82) is 0 Å². The van der Waals surface area contributed by atoms with Crippen LogP contribution in [0, 0.1) is 0 Å². The summed E-state index contributed by atoms with van der Waals surface area (Å²) < 4.78 is 10.1. The van der Waals surface area contributed by atoms with Crippen molar-refractivity contribution in [3.63, 3.8) is 0 Å². The summed E-state index contributed by atoms with van der Waals surface area (Å²) in [6, 6.07) is 10.5. The van der Waals surface area contributed by atoms with E-state index in [2.05, 4.69) is 20.8 Å². The van der Waals surface area contributed by atoms with Gasteiger partial charge in [-0.25, -0.2) is 4.79 Å². The standard InChI is InChI=1S/C20H25N5O4/c1-3-29-20(27)25-12-10-15(11-13-25)21-17-8-9-18(24-23-17)22-19(26)14-4-6-16(28-2)7-5-14/h4-9,15H,3,10-13H2,1-2H3,(H,21,23)(H,22,24,26). The van der Waals surface area contributed by atoms with Crippen LogP contribution in [0.5, 0.6) is 5.75 Å². The molecule has 0 spiro atoms. The first kappa shape index (κ1) is 20.4. The van der Waals surface area contributed by atoms with Crippen molar-refractivity contribution in [2.75, 3.05) is 37.4 Å². The number of hydrogen-bond acceptors (Lipinski definition) is 7. The van der Waals surface area contributed by atoms with Crippen LogP contribution < -0.4 is 15.4 Å². The van der Waals surface area contributed by atoms with E-state index in [0.29, 0.717) is 42.6 Å². The Morgan fingerprint density at radius 2 is 1.72 bits per heavy atom. The van der Waals surface area contributed by atoms with E-state index in [0.717, 1.165) is 12.8 Å². The molecule has 0 atom stereocenters. The third kappa shape index (κ3) is 5.56. The van der Waals surface area contributed by atoms with Crippen molar-refractivity contribution in [3.05, 3.63) is 42.0 Å². The zero-order valence-electron chi connectivity index (χ0n) is 16.6. The van der Waals surface area contributed by atoms with Crippen LogP contribution in [0.15, 0.2) is 36.4 Å². The number of rotatable bonds is 6. The van der Waals surface area contributed by atoms with Crippen molar-refractivity contribution in [3.8, 4) is 5.75 Å². The summed E-state index contributed by atoms with van der Waals surface area (Å²) in [6.45, 7) is 3.46. The number of anilines is 2. The van der Waals surface area contributed by atoms with Crippen LogP contribution in [-0.4, -0.2) is 59.9 Å². The number of piperidine rings is 1. The fourth-order valence-corrected chi connectivity index (χ4v) is 3.04. The average molecular weight is 399 g/mol. The third-order valence-electron chi connectivity index (χ3n) is 4.63. The number of amides is 2. The van der Waals surface area contributed by atoms with Crippen LogP contribution in [-0.2, 0) is 4.74 Å². The van der Waals surface area contributed by atoms with Crippen LogP contribution in [0.25, 0.3) is 0 Å². The maximum absolute atomic E-state index is 12.3. The maximum atomic E-state index is 12.3. The van der Waals surface area contributed by atoms with Crippen molar-refractivity contribution in [2.45, 2.75) is 25.8 Å². The van der Waals surface area contributed by atoms with Gasteiger partial charge < -0.3 is 25.0 Å². The monoisotopic (exact) mass is 399 g/mol. The minimum atomic E-state index is -0.269. The van der Waals surface area contributed by atoms with Gasteiger partial charge in [-0.3, -0.25) is 4.79 Å². The van der Waals surface area contributed by atoms with Gasteiger partial charge in [-0.05, 0) is 56.2 Å². The highest BCUT2D eigenvalue weighted by Crippen LogP contribution is 2.17. The fourth-order valence-electron chi connectivity index (χ4n) is 3.04. The lowest BCUT2D eigenvalue weighted by molar-refractivity contribution is 0.0981. The number of methoxy groups -OCH3 is 1.